The van der Waals surface area contributed by atoms with Crippen LogP contribution in [-0.2, 0) is 21.2 Å². The van der Waals surface area contributed by atoms with E-state index in [0.717, 1.165) is 6.42 Å². The van der Waals surface area contributed by atoms with E-state index in [9.17, 15) is 13.2 Å². The van der Waals surface area contributed by atoms with Gasteiger partial charge in [0, 0.05) is 13.2 Å². The van der Waals surface area contributed by atoms with Crippen molar-refractivity contribution < 1.29 is 23.4 Å². The normalized spacial score (nSPS) is 13.0. The smallest absolute Gasteiger partial charge is 0.307 e. The highest BCUT2D eigenvalue weighted by molar-refractivity contribution is 7.89. The molecule has 0 spiro atoms. The van der Waals surface area contributed by atoms with Crippen LogP contribution in [0.5, 0.6) is 0 Å². The summed E-state index contributed by atoms with van der Waals surface area (Å²) in [5.74, 6) is -0.799. The summed E-state index contributed by atoms with van der Waals surface area (Å²) < 4.78 is 26.5. The molecule has 21 heavy (non-hydrogen) atoms. The average molecular weight is 315 g/mol. The molecule has 0 fully saturated rings. The van der Waals surface area contributed by atoms with Gasteiger partial charge in [0.2, 0.25) is 10.0 Å². The predicted molar refractivity (Wildman–Crippen MR) is 78.5 cm³/mol. The van der Waals surface area contributed by atoms with E-state index in [2.05, 4.69) is 4.72 Å². The topological polar surface area (TPSA) is 104 Å². The Labute approximate surface area is 124 Å². The minimum atomic E-state index is -3.57. The van der Waals surface area contributed by atoms with Crippen LogP contribution in [0.2, 0.25) is 0 Å². The van der Waals surface area contributed by atoms with Crippen LogP contribution in [0, 0.1) is 5.92 Å². The van der Waals surface area contributed by atoms with Crippen LogP contribution < -0.4 is 4.72 Å². The summed E-state index contributed by atoms with van der Waals surface area (Å²) in [5, 5.41) is 17.5. The van der Waals surface area contributed by atoms with Gasteiger partial charge in [-0.05, 0) is 36.5 Å². The first-order chi connectivity index (χ1) is 9.85. The van der Waals surface area contributed by atoms with Crippen molar-refractivity contribution in [2.45, 2.75) is 31.1 Å². The van der Waals surface area contributed by atoms with Crippen molar-refractivity contribution in [3.05, 3.63) is 29.8 Å². The van der Waals surface area contributed by atoms with E-state index in [1.165, 1.54) is 24.3 Å². The third-order valence-corrected chi connectivity index (χ3v) is 4.54. The van der Waals surface area contributed by atoms with Crippen molar-refractivity contribution in [3.63, 3.8) is 0 Å². The van der Waals surface area contributed by atoms with Gasteiger partial charge >= 0.3 is 5.97 Å². The molecule has 1 aromatic rings. The Morgan fingerprint density at radius 1 is 1.29 bits per heavy atom. The maximum absolute atomic E-state index is 12.0. The quantitative estimate of drug-likeness (QED) is 0.590. The molecule has 0 saturated carbocycles. The van der Waals surface area contributed by atoms with Crippen LogP contribution in [0.1, 0.15) is 25.3 Å². The molecule has 0 aromatic heterocycles. The van der Waals surface area contributed by atoms with Gasteiger partial charge < -0.3 is 10.2 Å². The number of carbonyl (C=O) groups is 1. The highest BCUT2D eigenvalue weighted by Gasteiger charge is 2.13. The lowest BCUT2D eigenvalue weighted by molar-refractivity contribution is -0.136. The summed E-state index contributed by atoms with van der Waals surface area (Å²) in [7, 11) is -3.57. The highest BCUT2D eigenvalue weighted by atomic mass is 32.2. The largest absolute Gasteiger partial charge is 0.481 e. The Balaban J connectivity index is 2.56. The summed E-state index contributed by atoms with van der Waals surface area (Å²) in [5.41, 5.74) is 0.554. The van der Waals surface area contributed by atoms with E-state index in [4.69, 9.17) is 10.2 Å². The fourth-order valence-electron chi connectivity index (χ4n) is 1.79. The zero-order valence-electron chi connectivity index (χ0n) is 11.9. The van der Waals surface area contributed by atoms with Gasteiger partial charge in [0.1, 0.15) is 0 Å². The summed E-state index contributed by atoms with van der Waals surface area (Å²) >= 11 is 0. The third kappa shape index (κ3) is 6.24. The van der Waals surface area contributed by atoms with Crippen molar-refractivity contribution in [2.75, 3.05) is 13.2 Å². The van der Waals surface area contributed by atoms with E-state index in [0.29, 0.717) is 18.5 Å². The number of nitrogens with one attached hydrogen (secondary N) is 1. The number of carboxylic acids is 1. The van der Waals surface area contributed by atoms with Crippen molar-refractivity contribution >= 4 is 16.0 Å². The van der Waals surface area contributed by atoms with E-state index in [1.54, 1.807) is 0 Å². The van der Waals surface area contributed by atoms with E-state index >= 15 is 0 Å². The lowest BCUT2D eigenvalue weighted by Crippen LogP contribution is -2.25. The standard InChI is InChI=1S/C14H21NO5S/c1-11(10-16)3-2-8-15-21(19,20)13-6-4-12(5-7-13)9-14(17)18/h4-7,11,15-16H,2-3,8-10H2,1H3,(H,17,18). The monoisotopic (exact) mass is 315 g/mol. The van der Waals surface area contributed by atoms with Crippen LogP contribution in [0.4, 0.5) is 0 Å². The van der Waals surface area contributed by atoms with Gasteiger partial charge in [-0.15, -0.1) is 0 Å². The van der Waals surface area contributed by atoms with Crippen LogP contribution in [0.15, 0.2) is 29.2 Å². The molecule has 0 aliphatic heterocycles. The minimum Gasteiger partial charge on any atom is -0.481 e. The van der Waals surface area contributed by atoms with E-state index in [1.807, 2.05) is 6.92 Å². The van der Waals surface area contributed by atoms with Crippen LogP contribution >= 0.6 is 0 Å². The summed E-state index contributed by atoms with van der Waals surface area (Å²) in [4.78, 5) is 10.7. The van der Waals surface area contributed by atoms with E-state index in [-0.39, 0.29) is 23.8 Å². The van der Waals surface area contributed by atoms with Gasteiger partial charge in [-0.1, -0.05) is 19.1 Å². The Morgan fingerprint density at radius 3 is 2.43 bits per heavy atom. The van der Waals surface area contributed by atoms with Gasteiger partial charge in [-0.2, -0.15) is 0 Å². The average Bonchev–Trinajstić information content (AvgIpc) is 2.43. The van der Waals surface area contributed by atoms with Crippen molar-refractivity contribution in [2.24, 2.45) is 5.92 Å². The van der Waals surface area contributed by atoms with Crippen LogP contribution in [0.3, 0.4) is 0 Å². The maximum Gasteiger partial charge on any atom is 0.307 e. The molecule has 1 aromatic carbocycles. The van der Waals surface area contributed by atoms with Crippen molar-refractivity contribution in [1.29, 1.82) is 0 Å². The molecule has 118 valence electrons. The first-order valence-electron chi connectivity index (χ1n) is 6.76. The van der Waals surface area contributed by atoms with Crippen LogP contribution in [0.25, 0.3) is 0 Å². The highest BCUT2D eigenvalue weighted by Crippen LogP contribution is 2.11. The van der Waals surface area contributed by atoms with Crippen molar-refractivity contribution in [3.8, 4) is 0 Å². The molecule has 0 saturated heterocycles. The third-order valence-electron chi connectivity index (χ3n) is 3.07. The number of hydrogen-bond acceptors (Lipinski definition) is 4. The molecule has 0 bridgehead atoms. The van der Waals surface area contributed by atoms with Gasteiger partial charge in [-0.25, -0.2) is 13.1 Å². The zero-order chi connectivity index (χ0) is 15.9. The van der Waals surface area contributed by atoms with Gasteiger partial charge in [0.25, 0.3) is 0 Å². The number of rotatable bonds is 9. The summed E-state index contributed by atoms with van der Waals surface area (Å²) in [6, 6.07) is 5.79. The van der Waals surface area contributed by atoms with Crippen LogP contribution in [-0.4, -0.2) is 37.8 Å². The Morgan fingerprint density at radius 2 is 1.90 bits per heavy atom. The molecule has 3 N–H and O–H groups in total. The Kier molecular flexibility index (Phi) is 6.80. The Hall–Kier alpha value is -1.44. The zero-order valence-corrected chi connectivity index (χ0v) is 12.8. The number of aliphatic hydroxyl groups is 1. The summed E-state index contributed by atoms with van der Waals surface area (Å²) in [6.07, 6.45) is 1.27. The molecule has 0 amide bonds. The first kappa shape index (κ1) is 17.6. The number of hydrogen-bond donors (Lipinski definition) is 3. The Bertz CT molecular complexity index is 553. The molecular weight excluding hydrogens is 294 g/mol. The SMILES string of the molecule is CC(CO)CCCNS(=O)(=O)c1ccc(CC(=O)O)cc1. The number of carboxylic acid groups (broad SMARTS) is 1. The second-order valence-corrected chi connectivity index (χ2v) is 6.81. The molecule has 0 aliphatic rings. The molecule has 0 aliphatic carbocycles. The molecule has 6 nitrogen and oxygen atoms in total. The molecule has 1 unspecified atom stereocenters. The number of sulfonamides is 1. The number of aliphatic carboxylic acids is 1. The van der Waals surface area contributed by atoms with Gasteiger partial charge in [0.05, 0.1) is 11.3 Å². The molecular formula is C14H21NO5S. The lowest BCUT2D eigenvalue weighted by atomic mass is 10.1. The van der Waals surface area contributed by atoms with Gasteiger partial charge in [-0.3, -0.25) is 4.79 Å². The second-order valence-electron chi connectivity index (χ2n) is 5.04. The summed E-state index contributed by atoms with van der Waals surface area (Å²) in [6.45, 7) is 2.30. The molecule has 0 radical (unpaired) electrons. The molecule has 0 heterocycles. The molecule has 7 heteroatoms. The van der Waals surface area contributed by atoms with Gasteiger partial charge in [0.15, 0.2) is 0 Å². The van der Waals surface area contributed by atoms with E-state index < -0.39 is 16.0 Å². The fraction of sp³-hybridized carbons (Fsp3) is 0.500. The maximum atomic E-state index is 12.0. The first-order valence-corrected chi connectivity index (χ1v) is 8.24. The van der Waals surface area contributed by atoms with Crippen molar-refractivity contribution in [1.82, 2.24) is 4.72 Å². The molecule has 1 rings (SSSR count). The number of benzene rings is 1. The minimum absolute atomic E-state index is 0.0950. The number of aliphatic hydroxyl groups excluding tert-OH is 1. The predicted octanol–water partition coefficient (Wildman–Crippen LogP) is 1.00. The second kappa shape index (κ2) is 8.11. The fourth-order valence-corrected chi connectivity index (χ4v) is 2.87. The lowest BCUT2D eigenvalue weighted by Gasteiger charge is -2.09. The molecule has 1 atom stereocenters.